The van der Waals surface area contributed by atoms with E-state index in [1.807, 2.05) is 55.5 Å². The van der Waals surface area contributed by atoms with E-state index in [0.717, 1.165) is 50.5 Å². The third-order valence-electron chi connectivity index (χ3n) is 5.12. The smallest absolute Gasteiger partial charge is 0.205 e. The molecule has 2 aromatic heterocycles. The van der Waals surface area contributed by atoms with Crippen molar-refractivity contribution in [2.24, 2.45) is 0 Å². The zero-order valence-corrected chi connectivity index (χ0v) is 17.4. The molecule has 31 heavy (non-hydrogen) atoms. The summed E-state index contributed by atoms with van der Waals surface area (Å²) in [5, 5.41) is 6.68. The van der Waals surface area contributed by atoms with Crippen molar-refractivity contribution in [3.05, 3.63) is 60.2 Å². The molecular formula is C23H22N6O2. The second-order valence-electron chi connectivity index (χ2n) is 7.22. The lowest BCUT2D eigenvalue weighted by Gasteiger charge is -2.10. The third-order valence-corrected chi connectivity index (χ3v) is 5.12. The first-order valence-corrected chi connectivity index (χ1v) is 9.83. The lowest BCUT2D eigenvalue weighted by molar-refractivity contribution is 0.415. The van der Waals surface area contributed by atoms with Gasteiger partial charge < -0.3 is 30.1 Å². The van der Waals surface area contributed by atoms with Gasteiger partial charge in [-0.25, -0.2) is 9.97 Å². The lowest BCUT2D eigenvalue weighted by atomic mass is 10.2. The molecule has 0 radical (unpaired) electrons. The Kier molecular flexibility index (Phi) is 4.59. The van der Waals surface area contributed by atoms with Gasteiger partial charge in [-0.05, 0) is 55.0 Å². The van der Waals surface area contributed by atoms with Crippen molar-refractivity contribution in [3.8, 4) is 11.5 Å². The maximum atomic E-state index is 5.27. The van der Waals surface area contributed by atoms with Gasteiger partial charge in [-0.15, -0.1) is 0 Å². The molecule has 0 unspecified atom stereocenters. The molecule has 0 atom stereocenters. The molecule has 4 N–H and O–H groups in total. The van der Waals surface area contributed by atoms with E-state index in [-0.39, 0.29) is 0 Å². The van der Waals surface area contributed by atoms with Crippen LogP contribution in [0.1, 0.15) is 5.56 Å². The SMILES string of the molecule is COc1ccc2nc(Nc3ccc(Nc4nc5ccc(OC)cc5[nH]4)c(C)c3)[nH]c2c1. The van der Waals surface area contributed by atoms with Gasteiger partial charge in [-0.2, -0.15) is 0 Å². The van der Waals surface area contributed by atoms with Gasteiger partial charge in [0.2, 0.25) is 11.9 Å². The van der Waals surface area contributed by atoms with Crippen molar-refractivity contribution in [2.45, 2.75) is 6.92 Å². The number of aromatic nitrogens is 4. The van der Waals surface area contributed by atoms with Crippen molar-refractivity contribution in [3.63, 3.8) is 0 Å². The van der Waals surface area contributed by atoms with E-state index < -0.39 is 0 Å². The summed E-state index contributed by atoms with van der Waals surface area (Å²) in [4.78, 5) is 15.7. The topological polar surface area (TPSA) is 99.9 Å². The number of hydrogen-bond donors (Lipinski definition) is 4. The van der Waals surface area contributed by atoms with Crippen LogP contribution in [0, 0.1) is 6.92 Å². The van der Waals surface area contributed by atoms with Gasteiger partial charge in [-0.1, -0.05) is 0 Å². The highest BCUT2D eigenvalue weighted by molar-refractivity contribution is 5.81. The Hall–Kier alpha value is -4.20. The number of ether oxygens (including phenoxy) is 2. The molecule has 5 rings (SSSR count). The number of H-pyrrole nitrogens is 2. The fourth-order valence-corrected chi connectivity index (χ4v) is 3.50. The number of fused-ring (bicyclic) bond motifs is 2. The highest BCUT2D eigenvalue weighted by atomic mass is 16.5. The van der Waals surface area contributed by atoms with Crippen LogP contribution in [0.15, 0.2) is 54.6 Å². The Morgan fingerprint density at radius 1 is 0.710 bits per heavy atom. The van der Waals surface area contributed by atoms with E-state index >= 15 is 0 Å². The van der Waals surface area contributed by atoms with E-state index in [2.05, 4.69) is 36.6 Å². The predicted octanol–water partition coefficient (Wildman–Crippen LogP) is 5.25. The first-order chi connectivity index (χ1) is 15.1. The molecule has 0 saturated carbocycles. The van der Waals surface area contributed by atoms with Crippen molar-refractivity contribution in [1.82, 2.24) is 19.9 Å². The minimum absolute atomic E-state index is 0.676. The molecule has 8 nitrogen and oxygen atoms in total. The number of rotatable bonds is 6. The average molecular weight is 414 g/mol. The summed E-state index contributed by atoms with van der Waals surface area (Å²) in [6.45, 7) is 2.04. The average Bonchev–Trinajstić information content (AvgIpc) is 3.36. The summed E-state index contributed by atoms with van der Waals surface area (Å²) >= 11 is 0. The fourth-order valence-electron chi connectivity index (χ4n) is 3.50. The monoisotopic (exact) mass is 414 g/mol. The first-order valence-electron chi connectivity index (χ1n) is 9.83. The Morgan fingerprint density at radius 2 is 1.29 bits per heavy atom. The van der Waals surface area contributed by atoms with Gasteiger partial charge in [0.15, 0.2) is 0 Å². The molecule has 0 fully saturated rings. The molecular weight excluding hydrogens is 392 g/mol. The first kappa shape index (κ1) is 18.8. The molecule has 0 amide bonds. The summed E-state index contributed by atoms with van der Waals surface area (Å²) in [6.07, 6.45) is 0. The quantitative estimate of drug-likeness (QED) is 0.303. The Labute approximate surface area is 178 Å². The van der Waals surface area contributed by atoms with Gasteiger partial charge >= 0.3 is 0 Å². The van der Waals surface area contributed by atoms with E-state index in [9.17, 15) is 0 Å². The number of methoxy groups -OCH3 is 2. The van der Waals surface area contributed by atoms with Crippen molar-refractivity contribution in [1.29, 1.82) is 0 Å². The van der Waals surface area contributed by atoms with Crippen LogP contribution in [0.25, 0.3) is 22.1 Å². The Balaban J connectivity index is 1.35. The van der Waals surface area contributed by atoms with Gasteiger partial charge in [-0.3, -0.25) is 0 Å². The highest BCUT2D eigenvalue weighted by Crippen LogP contribution is 2.27. The van der Waals surface area contributed by atoms with Gasteiger partial charge in [0, 0.05) is 23.5 Å². The van der Waals surface area contributed by atoms with Gasteiger partial charge in [0.25, 0.3) is 0 Å². The van der Waals surface area contributed by atoms with E-state index in [1.165, 1.54) is 0 Å². The lowest BCUT2D eigenvalue weighted by Crippen LogP contribution is -1.97. The maximum absolute atomic E-state index is 5.27. The number of aromatic amines is 2. The summed E-state index contributed by atoms with van der Waals surface area (Å²) in [7, 11) is 3.30. The summed E-state index contributed by atoms with van der Waals surface area (Å²) in [5.41, 5.74) is 6.55. The van der Waals surface area contributed by atoms with Crippen LogP contribution in [0.3, 0.4) is 0 Å². The number of aryl methyl sites for hydroxylation is 1. The summed E-state index contributed by atoms with van der Waals surface area (Å²) < 4.78 is 10.5. The fraction of sp³-hybridized carbons (Fsp3) is 0.130. The van der Waals surface area contributed by atoms with E-state index in [1.54, 1.807) is 14.2 Å². The van der Waals surface area contributed by atoms with Crippen molar-refractivity contribution >= 4 is 45.3 Å². The molecule has 0 spiro atoms. The van der Waals surface area contributed by atoms with Crippen LogP contribution in [0.5, 0.6) is 11.5 Å². The zero-order chi connectivity index (χ0) is 21.4. The number of nitrogens with one attached hydrogen (secondary N) is 4. The molecule has 2 heterocycles. The van der Waals surface area contributed by atoms with Crippen LogP contribution >= 0.6 is 0 Å². The number of hydrogen-bond acceptors (Lipinski definition) is 6. The minimum atomic E-state index is 0.676. The minimum Gasteiger partial charge on any atom is -0.497 e. The van der Waals surface area contributed by atoms with Crippen LogP contribution in [-0.2, 0) is 0 Å². The number of imidazole rings is 2. The largest absolute Gasteiger partial charge is 0.497 e. The Morgan fingerprint density at radius 3 is 1.84 bits per heavy atom. The van der Waals surface area contributed by atoms with Crippen LogP contribution < -0.4 is 20.1 Å². The number of nitrogens with zero attached hydrogens (tertiary/aromatic N) is 2. The van der Waals surface area contributed by atoms with E-state index in [4.69, 9.17) is 9.47 Å². The molecule has 0 aliphatic rings. The molecule has 0 aliphatic heterocycles. The molecule has 5 aromatic rings. The summed E-state index contributed by atoms with van der Waals surface area (Å²) in [6, 6.07) is 17.6. The summed E-state index contributed by atoms with van der Waals surface area (Å²) in [5.74, 6) is 2.93. The molecule has 0 aliphatic carbocycles. The van der Waals surface area contributed by atoms with Gasteiger partial charge in [0.1, 0.15) is 11.5 Å². The molecule has 0 saturated heterocycles. The standard InChI is InChI=1S/C23H22N6O2/c1-13-10-14(24-22-26-18-8-5-15(30-2)11-20(18)28-22)4-7-17(13)25-23-27-19-9-6-16(31-3)12-21(19)29-23/h4-12H,1-3H3,(H2,24,26,28)(H2,25,27,29). The van der Waals surface area contributed by atoms with Gasteiger partial charge in [0.05, 0.1) is 36.3 Å². The molecule has 0 bridgehead atoms. The van der Waals surface area contributed by atoms with Crippen LogP contribution in [-0.4, -0.2) is 34.2 Å². The predicted molar refractivity (Wildman–Crippen MR) is 123 cm³/mol. The van der Waals surface area contributed by atoms with Crippen molar-refractivity contribution < 1.29 is 9.47 Å². The molecule has 8 heteroatoms. The Bertz CT molecular complexity index is 1390. The zero-order valence-electron chi connectivity index (χ0n) is 17.4. The van der Waals surface area contributed by atoms with Crippen LogP contribution in [0.4, 0.5) is 23.3 Å². The van der Waals surface area contributed by atoms with Crippen LogP contribution in [0.2, 0.25) is 0 Å². The number of anilines is 4. The second-order valence-corrected chi connectivity index (χ2v) is 7.22. The molecule has 3 aromatic carbocycles. The van der Waals surface area contributed by atoms with Crippen molar-refractivity contribution in [2.75, 3.05) is 24.9 Å². The van der Waals surface area contributed by atoms with E-state index in [0.29, 0.717) is 11.9 Å². The highest BCUT2D eigenvalue weighted by Gasteiger charge is 2.08. The number of benzene rings is 3. The second kappa shape index (κ2) is 7.56. The normalized spacial score (nSPS) is 11.1. The third kappa shape index (κ3) is 3.71. The maximum Gasteiger partial charge on any atom is 0.205 e. The molecule has 156 valence electrons.